The first-order valence-electron chi connectivity index (χ1n) is 7.85. The van der Waals surface area contributed by atoms with Crippen molar-refractivity contribution in [2.75, 3.05) is 19.8 Å². The van der Waals surface area contributed by atoms with Gasteiger partial charge in [0.25, 0.3) is 0 Å². The van der Waals surface area contributed by atoms with Gasteiger partial charge in [0.05, 0.1) is 6.04 Å². The normalized spacial score (nSPS) is 23.8. The molecule has 0 aromatic carbocycles. The van der Waals surface area contributed by atoms with Crippen LogP contribution in [-0.2, 0) is 9.53 Å². The molecule has 0 saturated carbocycles. The summed E-state index contributed by atoms with van der Waals surface area (Å²) >= 11 is 1.67. The number of hydrogen-bond acceptors (Lipinski definition) is 4. The molecular formula is C16H26N2O2S. The largest absolute Gasteiger partial charge is 0.382 e. The topological polar surface area (TPSA) is 41.6 Å². The van der Waals surface area contributed by atoms with E-state index in [1.54, 1.807) is 11.3 Å². The van der Waals surface area contributed by atoms with Crippen LogP contribution in [0.3, 0.4) is 0 Å². The zero-order valence-corrected chi connectivity index (χ0v) is 14.0. The fraction of sp³-hybridized carbons (Fsp3) is 0.688. The number of nitrogens with one attached hydrogen (secondary N) is 1. The molecule has 2 rings (SSSR count). The third-order valence-corrected chi connectivity index (χ3v) is 4.86. The Kier molecular flexibility index (Phi) is 6.21. The Morgan fingerprint density at radius 1 is 1.48 bits per heavy atom. The Balaban J connectivity index is 2.06. The van der Waals surface area contributed by atoms with Crippen molar-refractivity contribution in [3.05, 3.63) is 22.4 Å². The predicted octanol–water partition coefficient (Wildman–Crippen LogP) is 3.02. The van der Waals surface area contributed by atoms with Crippen molar-refractivity contribution >= 4 is 17.2 Å². The van der Waals surface area contributed by atoms with Gasteiger partial charge >= 0.3 is 0 Å². The standard InChI is InChI=1S/C16H26N2O2S/c1-4-12(3)14-16(19)18(8-6-9-20-5-2)15(17-14)13-7-10-21-11-13/h7,10-12,14-15,17H,4-6,8-9H2,1-3H3. The minimum absolute atomic E-state index is 0.0179. The number of hydrogen-bond donors (Lipinski definition) is 1. The first kappa shape index (κ1) is 16.5. The molecule has 1 aromatic heterocycles. The van der Waals surface area contributed by atoms with E-state index < -0.39 is 0 Å². The second kappa shape index (κ2) is 7.92. The van der Waals surface area contributed by atoms with Gasteiger partial charge in [-0.25, -0.2) is 0 Å². The molecule has 1 fully saturated rings. The lowest BCUT2D eigenvalue weighted by atomic mass is 9.99. The van der Waals surface area contributed by atoms with Gasteiger partial charge in [-0.3, -0.25) is 10.1 Å². The summed E-state index contributed by atoms with van der Waals surface area (Å²) in [4.78, 5) is 14.7. The Hall–Kier alpha value is -0.910. The SMILES string of the molecule is CCOCCCN1C(=O)C(C(C)CC)NC1c1ccsc1. The molecule has 1 N–H and O–H groups in total. The lowest BCUT2D eigenvalue weighted by Crippen LogP contribution is -2.36. The average Bonchev–Trinajstić information content (AvgIpc) is 3.11. The third-order valence-electron chi connectivity index (χ3n) is 4.16. The molecule has 3 atom stereocenters. The van der Waals surface area contributed by atoms with E-state index in [2.05, 4.69) is 36.0 Å². The summed E-state index contributed by atoms with van der Waals surface area (Å²) in [5.41, 5.74) is 1.19. The lowest BCUT2D eigenvalue weighted by Gasteiger charge is -2.23. The van der Waals surface area contributed by atoms with E-state index in [9.17, 15) is 4.79 Å². The van der Waals surface area contributed by atoms with E-state index >= 15 is 0 Å². The molecule has 1 aliphatic heterocycles. The molecule has 3 unspecified atom stereocenters. The molecule has 0 spiro atoms. The van der Waals surface area contributed by atoms with E-state index in [-0.39, 0.29) is 18.1 Å². The summed E-state index contributed by atoms with van der Waals surface area (Å²) in [6, 6.07) is 2.04. The van der Waals surface area contributed by atoms with Crippen LogP contribution >= 0.6 is 11.3 Å². The fourth-order valence-corrected chi connectivity index (χ4v) is 3.39. The van der Waals surface area contributed by atoms with Crippen LogP contribution in [0.1, 0.15) is 45.3 Å². The Bertz CT molecular complexity index is 435. The highest BCUT2D eigenvalue weighted by atomic mass is 32.1. The fourth-order valence-electron chi connectivity index (χ4n) is 2.71. The van der Waals surface area contributed by atoms with E-state index in [4.69, 9.17) is 4.74 Å². The van der Waals surface area contributed by atoms with Crippen molar-refractivity contribution in [3.8, 4) is 0 Å². The number of carbonyl (C=O) groups excluding carboxylic acids is 1. The summed E-state index contributed by atoms with van der Waals surface area (Å²) in [6.45, 7) is 8.47. The van der Waals surface area contributed by atoms with Crippen molar-refractivity contribution in [1.82, 2.24) is 10.2 Å². The maximum atomic E-state index is 12.7. The van der Waals surface area contributed by atoms with Crippen LogP contribution in [-0.4, -0.2) is 36.6 Å². The highest BCUT2D eigenvalue weighted by Crippen LogP contribution is 2.30. The second-order valence-electron chi connectivity index (χ2n) is 5.57. The highest BCUT2D eigenvalue weighted by molar-refractivity contribution is 7.07. The summed E-state index contributed by atoms with van der Waals surface area (Å²) in [7, 11) is 0. The maximum absolute atomic E-state index is 12.7. The van der Waals surface area contributed by atoms with Crippen molar-refractivity contribution in [1.29, 1.82) is 0 Å². The lowest BCUT2D eigenvalue weighted by molar-refractivity contribution is -0.131. The summed E-state index contributed by atoms with van der Waals surface area (Å²) in [5, 5.41) is 7.72. The molecule has 1 amide bonds. The molecule has 4 nitrogen and oxygen atoms in total. The minimum atomic E-state index is -0.0630. The van der Waals surface area contributed by atoms with Gasteiger partial charge in [0, 0.05) is 19.8 Å². The van der Waals surface area contributed by atoms with Crippen LogP contribution in [0.4, 0.5) is 0 Å². The van der Waals surface area contributed by atoms with Gasteiger partial charge in [0.2, 0.25) is 5.91 Å². The molecule has 1 aliphatic rings. The first-order chi connectivity index (χ1) is 10.2. The zero-order chi connectivity index (χ0) is 15.2. The predicted molar refractivity (Wildman–Crippen MR) is 86.3 cm³/mol. The monoisotopic (exact) mass is 310 g/mol. The van der Waals surface area contributed by atoms with E-state index in [0.29, 0.717) is 12.5 Å². The number of thiophene rings is 1. The van der Waals surface area contributed by atoms with Gasteiger partial charge in [-0.05, 0) is 41.7 Å². The number of amides is 1. The van der Waals surface area contributed by atoms with Gasteiger partial charge in [0.15, 0.2) is 0 Å². The quantitative estimate of drug-likeness (QED) is 0.751. The van der Waals surface area contributed by atoms with Crippen LogP contribution in [0.15, 0.2) is 16.8 Å². The molecular weight excluding hydrogens is 284 g/mol. The van der Waals surface area contributed by atoms with Crippen molar-refractivity contribution in [2.24, 2.45) is 5.92 Å². The molecule has 118 valence electrons. The number of nitrogens with zero attached hydrogens (tertiary/aromatic N) is 1. The average molecular weight is 310 g/mol. The molecule has 5 heteroatoms. The van der Waals surface area contributed by atoms with Crippen LogP contribution in [0.5, 0.6) is 0 Å². The van der Waals surface area contributed by atoms with Gasteiger partial charge < -0.3 is 9.64 Å². The first-order valence-corrected chi connectivity index (χ1v) is 8.79. The molecule has 1 aromatic rings. The third kappa shape index (κ3) is 3.84. The van der Waals surface area contributed by atoms with E-state index in [1.165, 1.54) is 5.56 Å². The maximum Gasteiger partial charge on any atom is 0.241 e. The Morgan fingerprint density at radius 2 is 2.29 bits per heavy atom. The van der Waals surface area contributed by atoms with Crippen LogP contribution in [0, 0.1) is 5.92 Å². The summed E-state index contributed by atoms with van der Waals surface area (Å²) < 4.78 is 5.39. The molecule has 0 aliphatic carbocycles. The molecule has 2 heterocycles. The number of ether oxygens (including phenoxy) is 1. The zero-order valence-electron chi connectivity index (χ0n) is 13.2. The van der Waals surface area contributed by atoms with E-state index in [0.717, 1.165) is 26.0 Å². The van der Waals surface area contributed by atoms with Crippen LogP contribution in [0.25, 0.3) is 0 Å². The van der Waals surface area contributed by atoms with Gasteiger partial charge in [-0.2, -0.15) is 11.3 Å². The summed E-state index contributed by atoms with van der Waals surface area (Å²) in [6.07, 6.45) is 1.91. The molecule has 0 bridgehead atoms. The van der Waals surface area contributed by atoms with Crippen LogP contribution < -0.4 is 5.32 Å². The minimum Gasteiger partial charge on any atom is -0.382 e. The van der Waals surface area contributed by atoms with Crippen molar-refractivity contribution in [2.45, 2.75) is 45.8 Å². The van der Waals surface area contributed by atoms with Crippen molar-refractivity contribution in [3.63, 3.8) is 0 Å². The Labute approximate surface area is 131 Å². The summed E-state index contributed by atoms with van der Waals surface area (Å²) in [5.74, 6) is 0.590. The second-order valence-corrected chi connectivity index (χ2v) is 6.35. The number of rotatable bonds is 8. The Morgan fingerprint density at radius 3 is 2.90 bits per heavy atom. The van der Waals surface area contributed by atoms with Gasteiger partial charge in [0.1, 0.15) is 6.17 Å². The van der Waals surface area contributed by atoms with Gasteiger partial charge in [-0.1, -0.05) is 20.3 Å². The molecule has 1 saturated heterocycles. The van der Waals surface area contributed by atoms with Gasteiger partial charge in [-0.15, -0.1) is 0 Å². The van der Waals surface area contributed by atoms with E-state index in [1.807, 2.05) is 11.8 Å². The molecule has 0 radical (unpaired) electrons. The number of carbonyl (C=O) groups is 1. The molecule has 21 heavy (non-hydrogen) atoms. The highest BCUT2D eigenvalue weighted by Gasteiger charge is 2.41. The van der Waals surface area contributed by atoms with Crippen molar-refractivity contribution < 1.29 is 9.53 Å². The smallest absolute Gasteiger partial charge is 0.241 e. The van der Waals surface area contributed by atoms with Crippen LogP contribution in [0.2, 0.25) is 0 Å².